The number of amides is 1. The zero-order valence-electron chi connectivity index (χ0n) is 19.2. The van der Waals surface area contributed by atoms with Crippen molar-refractivity contribution < 1.29 is 19.2 Å². The first kappa shape index (κ1) is 21.7. The van der Waals surface area contributed by atoms with Crippen molar-refractivity contribution in [3.63, 3.8) is 0 Å². The number of rotatable bonds is 6. The molecule has 0 aliphatic carbocycles. The third-order valence-corrected chi connectivity index (χ3v) is 6.48. The van der Waals surface area contributed by atoms with Crippen molar-refractivity contribution in [2.24, 2.45) is 0 Å². The van der Waals surface area contributed by atoms with Gasteiger partial charge in [-0.05, 0) is 41.2 Å². The van der Waals surface area contributed by atoms with E-state index >= 15 is 0 Å². The molecular formula is C26H35N2O3+. The second-order valence-corrected chi connectivity index (χ2v) is 9.35. The molecule has 1 saturated heterocycles. The second-order valence-electron chi connectivity index (χ2n) is 9.35. The minimum Gasteiger partial charge on any atom is -0.486 e. The van der Waals surface area contributed by atoms with E-state index in [1.54, 1.807) is 0 Å². The quantitative estimate of drug-likeness (QED) is 0.737. The number of carbonyl (C=O) groups is 1. The lowest BCUT2D eigenvalue weighted by molar-refractivity contribution is -0.910. The second kappa shape index (κ2) is 9.31. The van der Waals surface area contributed by atoms with Crippen LogP contribution in [-0.2, 0) is 4.79 Å². The number of para-hydroxylation sites is 1. The average molecular weight is 424 g/mol. The van der Waals surface area contributed by atoms with E-state index in [-0.39, 0.29) is 5.91 Å². The number of quaternary nitrogens is 1. The molecule has 2 N–H and O–H groups in total. The molecule has 0 aromatic heterocycles. The Balaban J connectivity index is 1.50. The van der Waals surface area contributed by atoms with Crippen LogP contribution < -0.4 is 19.7 Å². The van der Waals surface area contributed by atoms with Crippen molar-refractivity contribution in [3.8, 4) is 11.5 Å². The van der Waals surface area contributed by atoms with Gasteiger partial charge in [-0.25, -0.2) is 0 Å². The standard InChI is InChI=1S/C26H34N2O3/c1-17(2)20-7-5-8-21(18(3)4)26(20)27-25(29)16-28-12-6-9-22(28)19-10-11-23-24(15-19)31-14-13-30-23/h5,7-8,10-11,15,17-18,22H,6,9,12-14,16H2,1-4H3,(H,27,29)/p+1/t22-/m0/s1. The molecule has 2 aromatic carbocycles. The Morgan fingerprint density at radius 2 is 1.71 bits per heavy atom. The smallest absolute Gasteiger partial charge is 0.279 e. The van der Waals surface area contributed by atoms with Gasteiger partial charge < -0.3 is 19.7 Å². The fraction of sp³-hybridized carbons (Fsp3) is 0.500. The first-order chi connectivity index (χ1) is 14.9. The van der Waals surface area contributed by atoms with Crippen molar-refractivity contribution in [2.45, 2.75) is 58.4 Å². The highest BCUT2D eigenvalue weighted by atomic mass is 16.6. The lowest BCUT2D eigenvalue weighted by atomic mass is 9.92. The lowest BCUT2D eigenvalue weighted by Crippen LogP contribution is -3.11. The molecule has 5 heteroatoms. The van der Waals surface area contributed by atoms with Gasteiger partial charge in [-0.3, -0.25) is 4.79 Å². The van der Waals surface area contributed by atoms with Gasteiger partial charge in [0, 0.05) is 24.1 Å². The highest BCUT2D eigenvalue weighted by Gasteiger charge is 2.33. The van der Waals surface area contributed by atoms with E-state index in [9.17, 15) is 4.79 Å². The molecule has 0 saturated carbocycles. The summed E-state index contributed by atoms with van der Waals surface area (Å²) in [7, 11) is 0. The highest BCUT2D eigenvalue weighted by Crippen LogP contribution is 2.34. The zero-order chi connectivity index (χ0) is 22.0. The summed E-state index contributed by atoms with van der Waals surface area (Å²) in [5.41, 5.74) is 4.65. The number of hydrogen-bond donors (Lipinski definition) is 2. The molecule has 4 rings (SSSR count). The van der Waals surface area contributed by atoms with Crippen molar-refractivity contribution in [1.82, 2.24) is 0 Å². The Labute approximate surface area is 185 Å². The van der Waals surface area contributed by atoms with Crippen LogP contribution in [0.15, 0.2) is 36.4 Å². The van der Waals surface area contributed by atoms with E-state index in [1.807, 2.05) is 6.07 Å². The maximum atomic E-state index is 13.2. The lowest BCUT2D eigenvalue weighted by Gasteiger charge is -2.25. The number of ether oxygens (including phenoxy) is 2. The fourth-order valence-corrected chi connectivity index (χ4v) is 4.89. The van der Waals surface area contributed by atoms with Crippen LogP contribution in [0.25, 0.3) is 0 Å². The highest BCUT2D eigenvalue weighted by molar-refractivity contribution is 5.93. The Kier molecular flexibility index (Phi) is 6.51. The molecule has 166 valence electrons. The summed E-state index contributed by atoms with van der Waals surface area (Å²) >= 11 is 0. The average Bonchev–Trinajstić information content (AvgIpc) is 3.21. The van der Waals surface area contributed by atoms with E-state index in [0.29, 0.717) is 37.6 Å². The van der Waals surface area contributed by atoms with Gasteiger partial charge in [-0.15, -0.1) is 0 Å². The topological polar surface area (TPSA) is 52.0 Å². The van der Waals surface area contributed by atoms with Crippen molar-refractivity contribution in [3.05, 3.63) is 53.1 Å². The molecule has 5 nitrogen and oxygen atoms in total. The number of nitrogens with one attached hydrogen (secondary N) is 2. The van der Waals surface area contributed by atoms with E-state index in [2.05, 4.69) is 63.3 Å². The number of anilines is 1. The van der Waals surface area contributed by atoms with Crippen molar-refractivity contribution in [2.75, 3.05) is 31.6 Å². The van der Waals surface area contributed by atoms with E-state index in [4.69, 9.17) is 9.47 Å². The van der Waals surface area contributed by atoms with E-state index in [0.717, 1.165) is 36.6 Å². The van der Waals surface area contributed by atoms with Gasteiger partial charge in [0.05, 0.1) is 6.54 Å². The fourth-order valence-electron chi connectivity index (χ4n) is 4.89. The zero-order valence-corrected chi connectivity index (χ0v) is 19.2. The van der Waals surface area contributed by atoms with Gasteiger partial charge in [0.25, 0.3) is 5.91 Å². The van der Waals surface area contributed by atoms with Gasteiger partial charge in [0.1, 0.15) is 19.3 Å². The summed E-state index contributed by atoms with van der Waals surface area (Å²) in [5.74, 6) is 2.46. The van der Waals surface area contributed by atoms with E-state index < -0.39 is 0 Å². The van der Waals surface area contributed by atoms with Crippen LogP contribution in [0.1, 0.15) is 75.1 Å². The summed E-state index contributed by atoms with van der Waals surface area (Å²) in [4.78, 5) is 14.5. The van der Waals surface area contributed by atoms with Crippen molar-refractivity contribution >= 4 is 11.6 Å². The molecule has 31 heavy (non-hydrogen) atoms. The molecule has 0 radical (unpaired) electrons. The monoisotopic (exact) mass is 423 g/mol. The molecule has 0 spiro atoms. The number of hydrogen-bond acceptors (Lipinski definition) is 3. The third-order valence-electron chi connectivity index (χ3n) is 6.48. The Bertz CT molecular complexity index is 912. The van der Waals surface area contributed by atoms with Gasteiger partial charge in [-0.1, -0.05) is 45.9 Å². The van der Waals surface area contributed by atoms with Gasteiger partial charge in [0.2, 0.25) is 0 Å². The molecule has 2 aliphatic rings. The minimum atomic E-state index is 0.0921. The van der Waals surface area contributed by atoms with Crippen LogP contribution >= 0.6 is 0 Å². The predicted octanol–water partition coefficient (Wildman–Crippen LogP) is 4.06. The molecule has 2 heterocycles. The Morgan fingerprint density at radius 1 is 1.03 bits per heavy atom. The minimum absolute atomic E-state index is 0.0921. The molecule has 1 unspecified atom stereocenters. The van der Waals surface area contributed by atoms with Crippen LogP contribution in [0.2, 0.25) is 0 Å². The summed E-state index contributed by atoms with van der Waals surface area (Å²) in [5, 5.41) is 3.29. The number of fused-ring (bicyclic) bond motifs is 1. The number of benzene rings is 2. The normalized spacial score (nSPS) is 20.3. The molecule has 0 bridgehead atoms. The number of likely N-dealkylation sites (tertiary alicyclic amines) is 1. The van der Waals surface area contributed by atoms with Gasteiger partial charge in [-0.2, -0.15) is 0 Å². The first-order valence-electron chi connectivity index (χ1n) is 11.6. The molecule has 2 aromatic rings. The summed E-state index contributed by atoms with van der Waals surface area (Å²) in [6.07, 6.45) is 2.21. The maximum Gasteiger partial charge on any atom is 0.279 e. The third kappa shape index (κ3) is 4.72. The van der Waals surface area contributed by atoms with E-state index in [1.165, 1.54) is 21.6 Å². The van der Waals surface area contributed by atoms with Crippen LogP contribution in [0.3, 0.4) is 0 Å². The number of carbonyl (C=O) groups excluding carboxylic acids is 1. The molecular weight excluding hydrogens is 388 g/mol. The Morgan fingerprint density at radius 3 is 2.39 bits per heavy atom. The molecule has 1 amide bonds. The molecule has 1 fully saturated rings. The molecule has 2 aliphatic heterocycles. The van der Waals surface area contributed by atoms with Crippen LogP contribution in [0.4, 0.5) is 5.69 Å². The van der Waals surface area contributed by atoms with Gasteiger partial charge >= 0.3 is 0 Å². The van der Waals surface area contributed by atoms with Gasteiger partial charge in [0.15, 0.2) is 18.0 Å². The summed E-state index contributed by atoms with van der Waals surface area (Å²) in [6, 6.07) is 12.9. The van der Waals surface area contributed by atoms with Crippen LogP contribution in [0, 0.1) is 0 Å². The maximum absolute atomic E-state index is 13.2. The Hall–Kier alpha value is -2.53. The largest absolute Gasteiger partial charge is 0.486 e. The SMILES string of the molecule is CC(C)c1cccc(C(C)C)c1NC(=O)C[NH+]1CCC[C@H]1c1ccc2c(c1)OCCO2. The summed E-state index contributed by atoms with van der Waals surface area (Å²) < 4.78 is 11.4. The van der Waals surface area contributed by atoms with Crippen LogP contribution in [0.5, 0.6) is 11.5 Å². The predicted molar refractivity (Wildman–Crippen MR) is 123 cm³/mol. The van der Waals surface area contributed by atoms with Crippen LogP contribution in [-0.4, -0.2) is 32.2 Å². The summed E-state index contributed by atoms with van der Waals surface area (Å²) in [6.45, 7) is 11.4. The van der Waals surface area contributed by atoms with Crippen molar-refractivity contribution in [1.29, 1.82) is 0 Å². The molecule has 2 atom stereocenters. The first-order valence-corrected chi connectivity index (χ1v) is 11.6.